The lowest BCUT2D eigenvalue weighted by Crippen LogP contribution is -2.67. The summed E-state index contributed by atoms with van der Waals surface area (Å²) in [6.45, 7) is 5.50. The summed E-state index contributed by atoms with van der Waals surface area (Å²) in [5.74, 6) is 0.247. The first kappa shape index (κ1) is 10.8. The maximum atomic E-state index is 12.1. The topological polar surface area (TPSA) is 29.5 Å². The second-order valence-electron chi connectivity index (χ2n) is 5.35. The van der Waals surface area contributed by atoms with Crippen molar-refractivity contribution in [3.05, 3.63) is 35.4 Å². The van der Waals surface area contributed by atoms with Gasteiger partial charge in [-0.1, -0.05) is 24.3 Å². The van der Waals surface area contributed by atoms with Gasteiger partial charge in [0.05, 0.1) is 25.0 Å². The Morgan fingerprint density at radius 2 is 2.06 bits per heavy atom. The van der Waals surface area contributed by atoms with Crippen LogP contribution >= 0.6 is 0 Å². The van der Waals surface area contributed by atoms with Crippen LogP contribution in [0.2, 0.25) is 0 Å². The van der Waals surface area contributed by atoms with Gasteiger partial charge in [0, 0.05) is 13.1 Å². The number of hydrogen-bond donors (Lipinski definition) is 0. The Labute approximate surface area is 101 Å². The Hall–Kier alpha value is -1.35. The molecule has 17 heavy (non-hydrogen) atoms. The third-order valence-corrected chi connectivity index (χ3v) is 3.82. The van der Waals surface area contributed by atoms with E-state index < -0.39 is 0 Å². The van der Waals surface area contributed by atoms with Crippen molar-refractivity contribution < 1.29 is 9.53 Å². The highest BCUT2D eigenvalue weighted by Crippen LogP contribution is 2.37. The van der Waals surface area contributed by atoms with E-state index in [0.717, 1.165) is 31.9 Å². The Morgan fingerprint density at radius 3 is 2.65 bits per heavy atom. The molecule has 0 radical (unpaired) electrons. The number of carbonyl (C=O) groups is 1. The van der Waals surface area contributed by atoms with E-state index in [2.05, 4.69) is 13.0 Å². The number of hydrogen-bond acceptors (Lipinski definition) is 2. The molecule has 0 saturated carbocycles. The zero-order chi connectivity index (χ0) is 11.9. The summed E-state index contributed by atoms with van der Waals surface area (Å²) in [4.78, 5) is 14.0. The molecule has 3 heteroatoms. The molecule has 0 N–H and O–H groups in total. The fraction of sp³-hybridized carbons (Fsp3) is 0.500. The molecule has 3 nitrogen and oxygen atoms in total. The van der Waals surface area contributed by atoms with Crippen molar-refractivity contribution in [2.45, 2.75) is 13.3 Å². The monoisotopic (exact) mass is 231 g/mol. The molecule has 1 aromatic carbocycles. The molecule has 2 saturated heterocycles. The molecule has 1 aromatic rings. The minimum atomic E-state index is 0.247. The number of ether oxygens (including phenoxy) is 1. The largest absolute Gasteiger partial charge is 0.380 e. The predicted molar refractivity (Wildman–Crippen MR) is 64.7 cm³/mol. The van der Waals surface area contributed by atoms with Crippen LogP contribution in [0.5, 0.6) is 0 Å². The first-order valence-electron chi connectivity index (χ1n) is 6.09. The van der Waals surface area contributed by atoms with E-state index in [0.29, 0.717) is 11.8 Å². The molecule has 2 aliphatic heterocycles. The molecule has 0 aromatic heterocycles. The van der Waals surface area contributed by atoms with Gasteiger partial charge < -0.3 is 9.64 Å². The zero-order valence-corrected chi connectivity index (χ0v) is 10.1. The highest BCUT2D eigenvalue weighted by molar-refractivity contribution is 5.80. The summed E-state index contributed by atoms with van der Waals surface area (Å²) in [5, 5.41) is 0. The van der Waals surface area contributed by atoms with Crippen molar-refractivity contribution in [1.82, 2.24) is 4.90 Å². The van der Waals surface area contributed by atoms with Gasteiger partial charge in [-0.25, -0.2) is 0 Å². The zero-order valence-electron chi connectivity index (χ0n) is 10.1. The Bertz CT molecular complexity index is 443. The van der Waals surface area contributed by atoms with Gasteiger partial charge in [-0.2, -0.15) is 0 Å². The summed E-state index contributed by atoms with van der Waals surface area (Å²) in [5.41, 5.74) is 2.66. The lowest BCUT2D eigenvalue weighted by Gasteiger charge is -2.55. The predicted octanol–water partition coefficient (Wildman–Crippen LogP) is 1.40. The van der Waals surface area contributed by atoms with E-state index in [1.807, 2.05) is 23.1 Å². The number of benzene rings is 1. The lowest BCUT2D eigenvalue weighted by atomic mass is 9.78. The van der Waals surface area contributed by atoms with Crippen molar-refractivity contribution >= 4 is 5.91 Å². The quantitative estimate of drug-likeness (QED) is 0.770. The molecule has 2 heterocycles. The summed E-state index contributed by atoms with van der Waals surface area (Å²) in [6, 6.07) is 8.09. The number of rotatable bonds is 2. The molecule has 1 spiro atoms. The van der Waals surface area contributed by atoms with Crippen LogP contribution in [0, 0.1) is 12.3 Å². The third-order valence-electron chi connectivity index (χ3n) is 3.82. The smallest absolute Gasteiger partial charge is 0.227 e. The highest BCUT2D eigenvalue weighted by atomic mass is 16.5. The Balaban J connectivity index is 1.59. The van der Waals surface area contributed by atoms with Crippen LogP contribution in [0.3, 0.4) is 0 Å². The SMILES string of the molecule is Cc1ccccc1CC(=O)N1CC2(COC2)C1. The van der Waals surface area contributed by atoms with Gasteiger partial charge in [0.2, 0.25) is 5.91 Å². The first-order valence-corrected chi connectivity index (χ1v) is 6.09. The first-order chi connectivity index (χ1) is 8.19. The van der Waals surface area contributed by atoms with Crippen LogP contribution < -0.4 is 0 Å². The van der Waals surface area contributed by atoms with Crippen molar-refractivity contribution in [2.24, 2.45) is 5.41 Å². The maximum Gasteiger partial charge on any atom is 0.227 e. The number of amides is 1. The van der Waals surface area contributed by atoms with Gasteiger partial charge in [-0.15, -0.1) is 0 Å². The van der Waals surface area contributed by atoms with E-state index in [1.54, 1.807) is 0 Å². The minimum Gasteiger partial charge on any atom is -0.380 e. The van der Waals surface area contributed by atoms with E-state index in [4.69, 9.17) is 4.74 Å². The van der Waals surface area contributed by atoms with Crippen molar-refractivity contribution in [2.75, 3.05) is 26.3 Å². The van der Waals surface area contributed by atoms with E-state index in [1.165, 1.54) is 5.56 Å². The van der Waals surface area contributed by atoms with E-state index >= 15 is 0 Å². The van der Waals surface area contributed by atoms with Crippen molar-refractivity contribution in [1.29, 1.82) is 0 Å². The molecule has 3 rings (SSSR count). The van der Waals surface area contributed by atoms with Crippen molar-refractivity contribution in [3.63, 3.8) is 0 Å². The molecular formula is C14H17NO2. The van der Waals surface area contributed by atoms with Gasteiger partial charge >= 0.3 is 0 Å². The van der Waals surface area contributed by atoms with E-state index in [-0.39, 0.29) is 5.91 Å². The number of likely N-dealkylation sites (tertiary alicyclic amines) is 1. The Kier molecular flexibility index (Phi) is 2.44. The fourth-order valence-corrected chi connectivity index (χ4v) is 2.60. The lowest BCUT2D eigenvalue weighted by molar-refractivity contribution is -0.194. The van der Waals surface area contributed by atoms with Crippen LogP contribution in [0.25, 0.3) is 0 Å². The van der Waals surface area contributed by atoms with E-state index in [9.17, 15) is 4.79 Å². The molecule has 0 bridgehead atoms. The molecule has 0 atom stereocenters. The van der Waals surface area contributed by atoms with Crippen LogP contribution in [0.4, 0.5) is 0 Å². The summed E-state index contributed by atoms with van der Waals surface area (Å²) in [6.07, 6.45) is 0.531. The van der Waals surface area contributed by atoms with Gasteiger partial charge in [0.15, 0.2) is 0 Å². The number of nitrogens with zero attached hydrogens (tertiary/aromatic N) is 1. The van der Waals surface area contributed by atoms with Gasteiger partial charge in [-0.3, -0.25) is 4.79 Å². The average Bonchev–Trinajstić information content (AvgIpc) is 2.17. The molecule has 2 aliphatic rings. The molecule has 90 valence electrons. The van der Waals surface area contributed by atoms with Crippen LogP contribution in [0.1, 0.15) is 11.1 Å². The molecule has 0 unspecified atom stereocenters. The van der Waals surface area contributed by atoms with Gasteiger partial charge in [-0.05, 0) is 18.1 Å². The van der Waals surface area contributed by atoms with Gasteiger partial charge in [0.25, 0.3) is 0 Å². The van der Waals surface area contributed by atoms with Crippen LogP contribution in [-0.2, 0) is 16.0 Å². The average molecular weight is 231 g/mol. The summed E-state index contributed by atoms with van der Waals surface area (Å²) < 4.78 is 5.21. The highest BCUT2D eigenvalue weighted by Gasteiger charge is 2.50. The summed E-state index contributed by atoms with van der Waals surface area (Å²) in [7, 11) is 0. The molecule has 0 aliphatic carbocycles. The Morgan fingerprint density at radius 1 is 1.35 bits per heavy atom. The molecule has 2 fully saturated rings. The number of carbonyl (C=O) groups excluding carboxylic acids is 1. The minimum absolute atomic E-state index is 0.247. The second kappa shape index (κ2) is 3.84. The van der Waals surface area contributed by atoms with Crippen molar-refractivity contribution in [3.8, 4) is 0 Å². The van der Waals surface area contributed by atoms with Gasteiger partial charge in [0.1, 0.15) is 0 Å². The fourth-order valence-electron chi connectivity index (χ4n) is 2.60. The molecular weight excluding hydrogens is 214 g/mol. The normalized spacial score (nSPS) is 20.9. The number of aryl methyl sites for hydroxylation is 1. The maximum absolute atomic E-state index is 12.1. The summed E-state index contributed by atoms with van der Waals surface area (Å²) >= 11 is 0. The van der Waals surface area contributed by atoms with Crippen LogP contribution in [-0.4, -0.2) is 37.1 Å². The third kappa shape index (κ3) is 1.84. The standard InChI is InChI=1S/C14H17NO2/c1-11-4-2-3-5-12(11)6-13(16)15-7-14(8-15)9-17-10-14/h2-5H,6-10H2,1H3. The molecule has 1 amide bonds. The van der Waals surface area contributed by atoms with Crippen LogP contribution in [0.15, 0.2) is 24.3 Å². The second-order valence-corrected chi connectivity index (χ2v) is 5.35.